The zero-order valence-corrected chi connectivity index (χ0v) is 14.8. The molecule has 4 aliphatic rings. The maximum atomic E-state index is 5.65. The molecule has 4 fully saturated rings. The summed E-state index contributed by atoms with van der Waals surface area (Å²) in [5.74, 6) is 3.45. The highest BCUT2D eigenvalue weighted by molar-refractivity contribution is 5.33. The average Bonchev–Trinajstić information content (AvgIpc) is 3.32. The van der Waals surface area contributed by atoms with Crippen LogP contribution in [0.25, 0.3) is 0 Å². The van der Waals surface area contributed by atoms with Crippen LogP contribution >= 0.6 is 0 Å². The molecule has 2 aromatic rings. The van der Waals surface area contributed by atoms with E-state index in [1.807, 2.05) is 6.07 Å². The Morgan fingerprint density at radius 2 is 1.88 bits per heavy atom. The molecule has 0 aliphatic carbocycles. The Labute approximate surface area is 149 Å². The van der Waals surface area contributed by atoms with E-state index >= 15 is 0 Å². The lowest BCUT2D eigenvalue weighted by Gasteiger charge is -2.51. The fraction of sp³-hybridized carbons (Fsp3) is 0.524. The summed E-state index contributed by atoms with van der Waals surface area (Å²) in [7, 11) is 1.73. The van der Waals surface area contributed by atoms with Gasteiger partial charge in [0.15, 0.2) is 0 Å². The Kier molecular flexibility index (Phi) is 3.83. The summed E-state index contributed by atoms with van der Waals surface area (Å²) in [5.41, 5.74) is 1.45. The highest BCUT2D eigenvalue weighted by atomic mass is 16.5. The van der Waals surface area contributed by atoms with Gasteiger partial charge in [0.05, 0.1) is 19.9 Å². The molecule has 25 heavy (non-hydrogen) atoms. The zero-order valence-electron chi connectivity index (χ0n) is 14.8. The van der Waals surface area contributed by atoms with E-state index < -0.39 is 0 Å². The van der Waals surface area contributed by atoms with Gasteiger partial charge in [-0.3, -0.25) is 9.80 Å². The third-order valence-corrected chi connectivity index (χ3v) is 6.58. The predicted molar refractivity (Wildman–Crippen MR) is 96.7 cm³/mol. The lowest BCUT2D eigenvalue weighted by molar-refractivity contribution is -0.0102. The number of methoxy groups -OCH3 is 1. The first-order valence-electron chi connectivity index (χ1n) is 9.48. The minimum atomic E-state index is 0.578. The van der Waals surface area contributed by atoms with E-state index in [-0.39, 0.29) is 0 Å². The van der Waals surface area contributed by atoms with Crippen LogP contribution in [0.4, 0.5) is 0 Å². The van der Waals surface area contributed by atoms with Crippen molar-refractivity contribution in [2.45, 2.75) is 37.4 Å². The van der Waals surface area contributed by atoms with Crippen molar-refractivity contribution in [1.29, 1.82) is 0 Å². The second-order valence-electron chi connectivity index (χ2n) is 7.74. The number of hydrogen-bond donors (Lipinski definition) is 0. The van der Waals surface area contributed by atoms with Crippen LogP contribution in [0.15, 0.2) is 47.1 Å². The number of benzene rings is 1. The van der Waals surface area contributed by atoms with Crippen LogP contribution in [-0.4, -0.2) is 48.6 Å². The fourth-order valence-electron chi connectivity index (χ4n) is 5.47. The summed E-state index contributed by atoms with van der Waals surface area (Å²) < 4.78 is 11.0. The summed E-state index contributed by atoms with van der Waals surface area (Å²) in [6.07, 6.45) is 4.50. The predicted octanol–water partition coefficient (Wildman–Crippen LogP) is 3.35. The molecular weight excluding hydrogens is 312 g/mol. The van der Waals surface area contributed by atoms with Crippen molar-refractivity contribution in [1.82, 2.24) is 9.80 Å². The molecule has 4 aliphatic heterocycles. The average molecular weight is 338 g/mol. The minimum absolute atomic E-state index is 0.578. The van der Waals surface area contributed by atoms with Gasteiger partial charge < -0.3 is 9.15 Å². The number of nitrogens with zero attached hydrogens (tertiary/aromatic N) is 2. The Bertz CT molecular complexity index is 704. The molecule has 4 nitrogen and oxygen atoms in total. The summed E-state index contributed by atoms with van der Waals surface area (Å²) in [6.45, 7) is 4.60. The topological polar surface area (TPSA) is 28.9 Å². The van der Waals surface area contributed by atoms with E-state index in [9.17, 15) is 0 Å². The number of fused-ring (bicyclic) bond motifs is 2. The number of hydrogen-bond acceptors (Lipinski definition) is 4. The molecule has 4 heteroatoms. The number of ether oxygens (including phenoxy) is 1. The minimum Gasteiger partial charge on any atom is -0.497 e. The number of likely N-dealkylation sites (tertiary alicyclic amines) is 1. The standard InChI is InChI=1S/C21H26N2O2/c1-24-17-6-4-15(5-7-17)19-14-23(13-18-3-2-12-25-18)20-16-8-10-22(11-9-16)21(19)20/h2-7,12,16,19-21H,8-11,13-14H2,1H3/t19-,20+,21+/m0/s1. The normalized spacial score (nSPS) is 34.2. The van der Waals surface area contributed by atoms with Crippen LogP contribution in [0.2, 0.25) is 0 Å². The first-order valence-corrected chi connectivity index (χ1v) is 9.48. The third kappa shape index (κ3) is 2.59. The van der Waals surface area contributed by atoms with Crippen LogP contribution < -0.4 is 4.74 Å². The molecule has 1 aromatic heterocycles. The van der Waals surface area contributed by atoms with Crippen molar-refractivity contribution in [2.75, 3.05) is 26.7 Å². The van der Waals surface area contributed by atoms with Gasteiger partial charge in [-0.05, 0) is 61.7 Å². The zero-order chi connectivity index (χ0) is 16.8. The summed E-state index contributed by atoms with van der Waals surface area (Å²) in [6, 6.07) is 14.2. The summed E-state index contributed by atoms with van der Waals surface area (Å²) >= 11 is 0. The van der Waals surface area contributed by atoms with Gasteiger partial charge in [-0.2, -0.15) is 0 Å². The van der Waals surface area contributed by atoms with Crippen molar-refractivity contribution in [3.63, 3.8) is 0 Å². The van der Waals surface area contributed by atoms with Gasteiger partial charge in [-0.15, -0.1) is 0 Å². The van der Waals surface area contributed by atoms with E-state index in [0.717, 1.165) is 30.5 Å². The largest absolute Gasteiger partial charge is 0.497 e. The molecule has 0 N–H and O–H groups in total. The molecular formula is C21H26N2O2. The van der Waals surface area contributed by atoms with Crippen LogP contribution in [-0.2, 0) is 6.54 Å². The second kappa shape index (κ2) is 6.19. The van der Waals surface area contributed by atoms with Gasteiger partial charge >= 0.3 is 0 Å². The molecule has 6 rings (SSSR count). The maximum absolute atomic E-state index is 5.65. The van der Waals surface area contributed by atoms with E-state index in [0.29, 0.717) is 18.0 Å². The molecule has 0 amide bonds. The molecule has 1 aromatic carbocycles. The molecule has 4 saturated heterocycles. The van der Waals surface area contributed by atoms with Crippen LogP contribution in [0.1, 0.15) is 30.1 Å². The highest BCUT2D eigenvalue weighted by Crippen LogP contribution is 2.47. The second-order valence-corrected chi connectivity index (χ2v) is 7.74. The van der Waals surface area contributed by atoms with Crippen LogP contribution in [0, 0.1) is 5.92 Å². The van der Waals surface area contributed by atoms with Gasteiger partial charge in [0.1, 0.15) is 11.5 Å². The molecule has 0 unspecified atom stereocenters. The molecule has 0 spiro atoms. The molecule has 3 atom stereocenters. The first-order chi connectivity index (χ1) is 12.3. The molecule has 132 valence electrons. The highest BCUT2D eigenvalue weighted by Gasteiger charge is 2.53. The summed E-state index contributed by atoms with van der Waals surface area (Å²) in [4.78, 5) is 5.44. The van der Waals surface area contributed by atoms with Gasteiger partial charge in [0.25, 0.3) is 0 Å². The van der Waals surface area contributed by atoms with E-state index in [1.54, 1.807) is 13.4 Å². The number of rotatable bonds is 4. The third-order valence-electron chi connectivity index (χ3n) is 6.58. The first kappa shape index (κ1) is 15.5. The van der Waals surface area contributed by atoms with Gasteiger partial charge in [-0.1, -0.05) is 12.1 Å². The number of piperidine rings is 3. The van der Waals surface area contributed by atoms with Gasteiger partial charge in [0, 0.05) is 24.5 Å². The van der Waals surface area contributed by atoms with E-state index in [2.05, 4.69) is 40.1 Å². The van der Waals surface area contributed by atoms with Crippen LogP contribution in [0.3, 0.4) is 0 Å². The molecule has 5 heterocycles. The van der Waals surface area contributed by atoms with Crippen molar-refractivity contribution >= 4 is 0 Å². The van der Waals surface area contributed by atoms with Crippen molar-refractivity contribution in [2.24, 2.45) is 5.92 Å². The fourth-order valence-corrected chi connectivity index (χ4v) is 5.47. The summed E-state index contributed by atoms with van der Waals surface area (Å²) in [5, 5.41) is 0. The van der Waals surface area contributed by atoms with Crippen LogP contribution in [0.5, 0.6) is 5.75 Å². The van der Waals surface area contributed by atoms with Gasteiger partial charge in [0.2, 0.25) is 0 Å². The molecule has 0 saturated carbocycles. The smallest absolute Gasteiger partial charge is 0.118 e. The monoisotopic (exact) mass is 338 g/mol. The Hall–Kier alpha value is -1.78. The van der Waals surface area contributed by atoms with Crippen molar-refractivity contribution in [3.05, 3.63) is 54.0 Å². The lowest BCUT2D eigenvalue weighted by atomic mass is 9.75. The van der Waals surface area contributed by atoms with E-state index in [1.165, 1.54) is 31.5 Å². The van der Waals surface area contributed by atoms with E-state index in [4.69, 9.17) is 9.15 Å². The Morgan fingerprint density at radius 1 is 1.08 bits per heavy atom. The maximum Gasteiger partial charge on any atom is 0.118 e. The van der Waals surface area contributed by atoms with Crippen molar-refractivity contribution in [3.8, 4) is 5.75 Å². The Balaban J connectivity index is 1.46. The Morgan fingerprint density at radius 3 is 2.56 bits per heavy atom. The van der Waals surface area contributed by atoms with Crippen molar-refractivity contribution < 1.29 is 9.15 Å². The SMILES string of the molecule is COc1ccc([C@@H]2CN(Cc3ccco3)[C@@H]3C4CCN(CC4)[C@@H]32)cc1. The van der Waals surface area contributed by atoms with Gasteiger partial charge in [-0.25, -0.2) is 0 Å². The quantitative estimate of drug-likeness (QED) is 0.855. The lowest BCUT2D eigenvalue weighted by Crippen LogP contribution is -2.59. The molecule has 0 radical (unpaired) electrons. The number of furan rings is 1. The molecule has 2 bridgehead atoms.